The molecule has 0 aliphatic carbocycles. The Morgan fingerprint density at radius 1 is 0.496 bits per heavy atom. The molecule has 18 amide bonds. The number of likely N-dealkylation sites (N-methyl/N-ethyl adjacent to an activating group) is 3. The van der Waals surface area contributed by atoms with Gasteiger partial charge in [-0.15, -0.1) is 11.8 Å². The van der Waals surface area contributed by atoms with Crippen LogP contribution < -0.4 is 76.1 Å². The predicted molar refractivity (Wildman–Crippen MR) is 474 cm³/mol. The fourth-order valence-electron chi connectivity index (χ4n) is 16.0. The first-order valence-corrected chi connectivity index (χ1v) is 44.6. The van der Waals surface area contributed by atoms with E-state index >= 15 is 33.6 Å². The van der Waals surface area contributed by atoms with E-state index in [1.807, 2.05) is 13.8 Å². The molecule has 3 fully saturated rings. The number of thioether (sulfide) groups is 1. The van der Waals surface area contributed by atoms with E-state index in [1.54, 1.807) is 74.8 Å². The molecule has 3 aromatic carbocycles. The number of aromatic hydroxyl groups is 1. The van der Waals surface area contributed by atoms with E-state index in [9.17, 15) is 63.0 Å². The minimum atomic E-state index is -1.85. The molecule has 5 aromatic rings. The number of benzene rings is 3. The number of carbonyl (C=O) groups is 18. The number of amides is 18. The molecule has 129 heavy (non-hydrogen) atoms. The fraction of sp³-hybridized carbons (Fsp3) is 0.540. The third kappa shape index (κ3) is 28.1. The first-order chi connectivity index (χ1) is 61.4. The minimum absolute atomic E-state index is 0.00630. The molecule has 41 nitrogen and oxygen atoms in total. The summed E-state index contributed by atoms with van der Waals surface area (Å²) < 4.78 is 0. The summed E-state index contributed by atoms with van der Waals surface area (Å²) in [4.78, 5) is 272. The van der Waals surface area contributed by atoms with E-state index in [4.69, 9.17) is 22.9 Å². The first kappa shape index (κ1) is 102. The molecule has 0 saturated carbocycles. The Kier molecular flexibility index (Phi) is 38.2. The zero-order valence-corrected chi connectivity index (χ0v) is 74.7. The molecule has 5 heterocycles. The van der Waals surface area contributed by atoms with E-state index < -0.39 is 228 Å². The molecular formula is C87H123N21O20S. The molecule has 0 spiro atoms. The van der Waals surface area contributed by atoms with Crippen LogP contribution in [0.5, 0.6) is 5.75 Å². The largest absolute Gasteiger partial charge is 0.508 e. The van der Waals surface area contributed by atoms with E-state index in [2.05, 4.69) is 63.1 Å². The maximum absolute atomic E-state index is 15.6. The highest BCUT2D eigenvalue weighted by atomic mass is 32.2. The van der Waals surface area contributed by atoms with E-state index in [-0.39, 0.29) is 102 Å². The number of aromatic nitrogens is 2. The lowest BCUT2D eigenvalue weighted by Crippen LogP contribution is -2.62. The quantitative estimate of drug-likeness (QED) is 0.0295. The second-order valence-corrected chi connectivity index (χ2v) is 34.3. The number of nitrogens with two attached hydrogens (primary N) is 4. The number of rotatable bonds is 24. The summed E-state index contributed by atoms with van der Waals surface area (Å²) in [6, 6.07) is -1.99. The first-order valence-electron chi connectivity index (χ1n) is 43.4. The summed E-state index contributed by atoms with van der Waals surface area (Å²) in [6.45, 7) is 6.20. The molecule has 0 unspecified atom stereocenters. The molecule has 0 radical (unpaired) electrons. The minimum Gasteiger partial charge on any atom is -0.508 e. The van der Waals surface area contributed by atoms with E-state index in [0.717, 1.165) is 31.4 Å². The Morgan fingerprint density at radius 2 is 0.961 bits per heavy atom. The van der Waals surface area contributed by atoms with Crippen molar-refractivity contribution in [3.63, 3.8) is 0 Å². The number of H-pyrrole nitrogens is 2. The Hall–Kier alpha value is -12.7. The number of hydrogen-bond acceptors (Lipinski definition) is 22. The Morgan fingerprint density at radius 3 is 1.51 bits per heavy atom. The third-order valence-corrected chi connectivity index (χ3v) is 24.2. The summed E-state index contributed by atoms with van der Waals surface area (Å²) in [5.74, 6) is -18.6. The van der Waals surface area contributed by atoms with Crippen LogP contribution in [0.2, 0.25) is 0 Å². The van der Waals surface area contributed by atoms with Crippen LogP contribution in [0.25, 0.3) is 21.8 Å². The number of nitrogens with one attached hydrogen (secondary N) is 12. The van der Waals surface area contributed by atoms with Crippen LogP contribution in [0.4, 0.5) is 0 Å². The van der Waals surface area contributed by atoms with Crippen LogP contribution in [0.3, 0.4) is 0 Å². The molecule has 22 N–H and O–H groups in total. The lowest BCUT2D eigenvalue weighted by molar-refractivity contribution is -0.149. The van der Waals surface area contributed by atoms with Gasteiger partial charge < -0.3 is 121 Å². The summed E-state index contributed by atoms with van der Waals surface area (Å²) in [5.41, 5.74) is 25.6. The normalized spacial score (nSPS) is 24.8. The summed E-state index contributed by atoms with van der Waals surface area (Å²) in [5, 5.41) is 48.6. The Bertz CT molecular complexity index is 4870. The van der Waals surface area contributed by atoms with Crippen molar-refractivity contribution in [1.29, 1.82) is 0 Å². The van der Waals surface area contributed by atoms with Gasteiger partial charge in [-0.3, -0.25) is 86.3 Å². The average Bonchev–Trinajstić information content (AvgIpc) is 1.16. The van der Waals surface area contributed by atoms with Crippen molar-refractivity contribution in [2.75, 3.05) is 65.4 Å². The molecule has 14 atom stereocenters. The second-order valence-electron chi connectivity index (χ2n) is 33.3. The number of unbranched alkanes of at least 4 members (excludes halogenated alkanes) is 2. The SMILES string of the molecule is CCCC[C@H]1C(=O)N(C)[C@@H](CCCC)C(=O)N[C@@H](CCN)C(=O)N[C@H](C(=O)NCC(N)=O)CSCC(=O)N[C@@H](Cc2ccc(O)cc2)C(=O)N(C)[C@@H](C)C(=O)N[C@H](CC(N)=O)C(=O)N2CCC[C@H]2C(=O)N[C@@H](CC(N)=O)C(=O)N[C@@H](CC(C)C)C(=O)N2CCC[C@H]2C(=O)N[C@@H](Cc2c[nH]c3ccccc23)C(=O)N[C@@H](CO)C(=O)N[C@@H](Cc2c[nH]c3ccccc23)C(=O)N1C. The standard InChI is InChI=1S/C87H123N21O20S/c1-9-11-23-66-80(121)96-57(31-32-88)76(117)103-65(75(116)94-43-72(91)113)45-129-46-73(114)95-61(36-49-27-29-52(110)30-28-49)83(124)104(6)48(5)74(115)99-63(40-71(90)112)86(127)108-34-18-26-68(108)82(123)98-59(39-70(89)111)78(119)100-60(35-47(3)4)85(126)107-33-17-25-67(107)81(122)97-58(37-50-41-92-55-21-15-13-19-53(50)55)77(118)102-64(44-109)79(120)101-62(38-51-42-93-56-22-16-14-20-54(51)56)84(125)106(8)69(24-12-10-2)87(128)105(66)7/h13-16,19-22,27-30,41-42,47-48,57-69,92-93,109-110H,9-12,17-18,23-26,31-40,43-46,88H2,1-8H3,(H2,89,111)(H2,90,112)(H2,91,113)(H,94,116)(H,95,114)(H,96,121)(H,97,122)(H,98,123)(H,99,115)(H,100,119)(H,101,120)(H,102,118)(H,103,117)/t48-,57-,58-,59-,60-,61-,62-,63+,64-,65-,66-,67-,68-,69-/m0/s1. The Balaban J connectivity index is 1.18. The number of primary amides is 3. The number of aliphatic hydroxyl groups excluding tert-OH is 1. The molecule has 3 saturated heterocycles. The van der Waals surface area contributed by atoms with Crippen molar-refractivity contribution in [3.8, 4) is 5.75 Å². The number of aliphatic hydroxyl groups is 1. The lowest BCUT2D eigenvalue weighted by Gasteiger charge is -2.36. The highest BCUT2D eigenvalue weighted by Crippen LogP contribution is 2.28. The molecule has 42 heteroatoms. The van der Waals surface area contributed by atoms with Gasteiger partial charge in [0.25, 0.3) is 0 Å². The number of nitrogens with zero attached hydrogens (tertiary/aromatic N) is 5. The average molecular weight is 1820 g/mol. The summed E-state index contributed by atoms with van der Waals surface area (Å²) >= 11 is 0.765. The van der Waals surface area contributed by atoms with Crippen LogP contribution in [0.15, 0.2) is 85.2 Å². The van der Waals surface area contributed by atoms with Gasteiger partial charge in [-0.2, -0.15) is 0 Å². The second kappa shape index (κ2) is 48.4. The predicted octanol–water partition coefficient (Wildman–Crippen LogP) is -2.90. The van der Waals surface area contributed by atoms with Crippen LogP contribution in [-0.2, 0) is 106 Å². The molecule has 702 valence electrons. The molecule has 0 bridgehead atoms. The molecule has 3 aliphatic rings. The molecule has 2 aromatic heterocycles. The van der Waals surface area contributed by atoms with Gasteiger partial charge in [0, 0.05) is 93.4 Å². The van der Waals surface area contributed by atoms with Gasteiger partial charge in [-0.1, -0.05) is 102 Å². The van der Waals surface area contributed by atoms with Crippen LogP contribution in [0, 0.1) is 5.92 Å². The van der Waals surface area contributed by atoms with Crippen LogP contribution >= 0.6 is 11.8 Å². The number of fused-ring (bicyclic) bond motifs is 4. The van der Waals surface area contributed by atoms with E-state index in [0.29, 0.717) is 64.2 Å². The highest BCUT2D eigenvalue weighted by molar-refractivity contribution is 8.00. The van der Waals surface area contributed by atoms with Gasteiger partial charge in [0.05, 0.1) is 31.7 Å². The lowest BCUT2D eigenvalue weighted by atomic mass is 10.00. The third-order valence-electron chi connectivity index (χ3n) is 23.2. The van der Waals surface area contributed by atoms with Crippen molar-refractivity contribution in [1.82, 2.24) is 87.6 Å². The number of para-hydroxylation sites is 2. The van der Waals surface area contributed by atoms with Gasteiger partial charge in [-0.05, 0) is 112 Å². The van der Waals surface area contributed by atoms with Crippen LogP contribution in [0.1, 0.15) is 141 Å². The number of phenolic OH excluding ortho intramolecular Hbond substituents is 1. The molecule has 8 rings (SSSR count). The van der Waals surface area contributed by atoms with Gasteiger partial charge >= 0.3 is 0 Å². The number of aromatic amines is 2. The summed E-state index contributed by atoms with van der Waals surface area (Å²) in [6.07, 6.45) is 2.51. The van der Waals surface area contributed by atoms with Gasteiger partial charge in [0.2, 0.25) is 106 Å². The number of carbonyl (C=O) groups excluding carboxylic acids is 18. The monoisotopic (exact) mass is 1810 g/mol. The zero-order chi connectivity index (χ0) is 94.6. The molecule has 3 aliphatic heterocycles. The van der Waals surface area contributed by atoms with Crippen LogP contribution in [-0.4, -0.2) is 301 Å². The smallest absolute Gasteiger partial charge is 0.246 e. The van der Waals surface area contributed by atoms with Gasteiger partial charge in [0.1, 0.15) is 90.3 Å². The van der Waals surface area contributed by atoms with E-state index in [1.165, 1.54) is 57.2 Å². The van der Waals surface area contributed by atoms with Crippen molar-refractivity contribution in [3.05, 3.63) is 102 Å². The van der Waals surface area contributed by atoms with Gasteiger partial charge in [-0.25, -0.2) is 0 Å². The maximum atomic E-state index is 15.6. The molecular weight excluding hydrogens is 1690 g/mol. The summed E-state index contributed by atoms with van der Waals surface area (Å²) in [7, 11) is 3.91. The maximum Gasteiger partial charge on any atom is 0.246 e. The fourth-order valence-corrected chi connectivity index (χ4v) is 16.9. The van der Waals surface area contributed by atoms with Crippen molar-refractivity contribution in [2.24, 2.45) is 28.9 Å². The zero-order valence-electron chi connectivity index (χ0n) is 73.9. The Labute approximate surface area is 750 Å². The topological polar surface area (TPSA) is 620 Å². The number of phenols is 1. The van der Waals surface area contributed by atoms with Crippen molar-refractivity contribution >= 4 is 140 Å². The van der Waals surface area contributed by atoms with Gasteiger partial charge in [0.15, 0.2) is 0 Å². The van der Waals surface area contributed by atoms with Crippen molar-refractivity contribution in [2.45, 2.75) is 228 Å². The highest BCUT2D eigenvalue weighted by Gasteiger charge is 2.46. The number of hydrogen-bond donors (Lipinski definition) is 18. The van der Waals surface area contributed by atoms with Crippen molar-refractivity contribution < 1.29 is 96.5 Å².